The van der Waals surface area contributed by atoms with Crippen LogP contribution in [0.3, 0.4) is 0 Å². The van der Waals surface area contributed by atoms with Crippen molar-refractivity contribution in [3.63, 3.8) is 0 Å². The lowest BCUT2D eigenvalue weighted by molar-refractivity contribution is 0.395. The van der Waals surface area contributed by atoms with Gasteiger partial charge >= 0.3 is 0 Å². The summed E-state index contributed by atoms with van der Waals surface area (Å²) in [6, 6.07) is 13.6. The first-order chi connectivity index (χ1) is 14.2. The number of para-hydroxylation sites is 1. The average molecular weight is 386 g/mol. The molecule has 144 valence electrons. The Hall–Kier alpha value is -4.07. The molecule has 0 atom stereocenters. The molecule has 0 unspecified atom stereocenters. The summed E-state index contributed by atoms with van der Waals surface area (Å²) in [7, 11) is 3.22. The van der Waals surface area contributed by atoms with Crippen LogP contribution in [0.4, 0.5) is 11.6 Å². The molecule has 0 spiro atoms. The maximum atomic E-state index is 5.32. The van der Waals surface area contributed by atoms with Gasteiger partial charge in [0.2, 0.25) is 5.95 Å². The normalized spacial score (nSPS) is 11.1. The molecule has 3 aromatic heterocycles. The molecule has 8 heteroatoms. The predicted octanol–water partition coefficient (Wildman–Crippen LogP) is 4.03. The van der Waals surface area contributed by atoms with Crippen molar-refractivity contribution in [2.75, 3.05) is 19.5 Å². The monoisotopic (exact) mass is 386 g/mol. The Bertz CT molecular complexity index is 1300. The van der Waals surface area contributed by atoms with Gasteiger partial charge in [-0.1, -0.05) is 18.2 Å². The number of hydrogen-bond acceptors (Lipinski definition) is 6. The smallest absolute Gasteiger partial charge is 0.247 e. The molecule has 8 nitrogen and oxygen atoms in total. The second-order valence-electron chi connectivity index (χ2n) is 6.45. The van der Waals surface area contributed by atoms with Crippen LogP contribution in [0.1, 0.15) is 0 Å². The highest BCUT2D eigenvalue weighted by molar-refractivity contribution is 5.97. The minimum absolute atomic E-state index is 0.453. The number of benzene rings is 2. The van der Waals surface area contributed by atoms with Gasteiger partial charge in [-0.25, -0.2) is 4.52 Å². The predicted molar refractivity (Wildman–Crippen MR) is 111 cm³/mol. The summed E-state index contributed by atoms with van der Waals surface area (Å²) in [5, 5.41) is 8.83. The number of methoxy groups -OCH3 is 2. The van der Waals surface area contributed by atoms with Gasteiger partial charge in [0.15, 0.2) is 5.65 Å². The first kappa shape index (κ1) is 17.1. The third kappa shape index (κ3) is 3.00. The van der Waals surface area contributed by atoms with Crippen LogP contribution in [0, 0.1) is 0 Å². The minimum atomic E-state index is 0.453. The maximum Gasteiger partial charge on any atom is 0.247 e. The van der Waals surface area contributed by atoms with Gasteiger partial charge < -0.3 is 19.8 Å². The third-order valence-electron chi connectivity index (χ3n) is 4.71. The fourth-order valence-corrected chi connectivity index (χ4v) is 3.34. The Labute approximate surface area is 166 Å². The Morgan fingerprint density at radius 1 is 1.03 bits per heavy atom. The molecular weight excluding hydrogens is 368 g/mol. The van der Waals surface area contributed by atoms with Gasteiger partial charge in [-0.05, 0) is 6.07 Å². The van der Waals surface area contributed by atoms with E-state index in [0.29, 0.717) is 23.1 Å². The summed E-state index contributed by atoms with van der Waals surface area (Å²) in [5.74, 6) is 1.81. The number of ether oxygens (including phenoxy) is 2. The fourth-order valence-electron chi connectivity index (χ4n) is 3.34. The van der Waals surface area contributed by atoms with Gasteiger partial charge in [-0.15, -0.1) is 5.10 Å². The quantitative estimate of drug-likeness (QED) is 0.474. The highest BCUT2D eigenvalue weighted by Gasteiger charge is 2.15. The number of rotatable bonds is 5. The number of fused-ring (bicyclic) bond motifs is 2. The molecule has 3 heterocycles. The van der Waals surface area contributed by atoms with Gasteiger partial charge in [0.1, 0.15) is 17.2 Å². The summed E-state index contributed by atoms with van der Waals surface area (Å²) >= 11 is 0. The van der Waals surface area contributed by atoms with E-state index in [0.717, 1.165) is 27.8 Å². The van der Waals surface area contributed by atoms with Crippen molar-refractivity contribution in [3.8, 4) is 22.8 Å². The van der Waals surface area contributed by atoms with Crippen molar-refractivity contribution in [3.05, 3.63) is 61.1 Å². The second-order valence-corrected chi connectivity index (χ2v) is 6.45. The highest BCUT2D eigenvalue weighted by atomic mass is 16.5. The van der Waals surface area contributed by atoms with E-state index in [9.17, 15) is 0 Å². The van der Waals surface area contributed by atoms with Crippen molar-refractivity contribution in [2.45, 2.75) is 0 Å². The number of hydrogen-bond donors (Lipinski definition) is 2. The molecule has 2 N–H and O–H groups in total. The molecule has 0 amide bonds. The SMILES string of the molecule is COc1cc(Nc2nc3c(-c4c[nH]c5ccccc45)nccn3n2)cc(OC)c1. The van der Waals surface area contributed by atoms with Crippen molar-refractivity contribution in [1.29, 1.82) is 0 Å². The van der Waals surface area contributed by atoms with Gasteiger partial charge in [0.05, 0.1) is 14.2 Å². The molecule has 0 aliphatic rings. The lowest BCUT2D eigenvalue weighted by atomic mass is 10.1. The van der Waals surface area contributed by atoms with Crippen molar-refractivity contribution < 1.29 is 9.47 Å². The van der Waals surface area contributed by atoms with Crippen LogP contribution in [-0.4, -0.2) is 38.8 Å². The summed E-state index contributed by atoms with van der Waals surface area (Å²) in [4.78, 5) is 12.5. The fraction of sp³-hybridized carbons (Fsp3) is 0.0952. The first-order valence-electron chi connectivity index (χ1n) is 9.03. The van der Waals surface area contributed by atoms with Crippen LogP contribution in [0.2, 0.25) is 0 Å². The zero-order valence-electron chi connectivity index (χ0n) is 15.9. The Morgan fingerprint density at radius 3 is 2.62 bits per heavy atom. The van der Waals surface area contributed by atoms with Crippen molar-refractivity contribution in [2.24, 2.45) is 0 Å². The zero-order valence-corrected chi connectivity index (χ0v) is 15.9. The van der Waals surface area contributed by atoms with Gasteiger partial charge in [0, 0.05) is 58.9 Å². The molecule has 29 heavy (non-hydrogen) atoms. The number of anilines is 2. The number of aromatic nitrogens is 5. The van der Waals surface area contributed by atoms with Crippen LogP contribution in [0.5, 0.6) is 11.5 Å². The molecule has 0 fully saturated rings. The minimum Gasteiger partial charge on any atom is -0.497 e. The van der Waals surface area contributed by atoms with Crippen molar-refractivity contribution in [1.82, 2.24) is 24.6 Å². The lowest BCUT2D eigenvalue weighted by Crippen LogP contribution is -1.95. The number of aromatic amines is 1. The van der Waals surface area contributed by atoms with E-state index in [-0.39, 0.29) is 0 Å². The summed E-state index contributed by atoms with van der Waals surface area (Å²) in [6.07, 6.45) is 5.44. The average Bonchev–Trinajstić information content (AvgIpc) is 3.36. The molecule has 0 radical (unpaired) electrons. The second kappa shape index (κ2) is 6.83. The molecule has 2 aromatic carbocycles. The van der Waals surface area contributed by atoms with Gasteiger partial charge in [-0.2, -0.15) is 4.98 Å². The van der Waals surface area contributed by atoms with E-state index < -0.39 is 0 Å². The largest absolute Gasteiger partial charge is 0.497 e. The topological polar surface area (TPSA) is 89.4 Å². The van der Waals surface area contributed by atoms with E-state index in [1.807, 2.05) is 36.5 Å². The summed E-state index contributed by atoms with van der Waals surface area (Å²) in [6.45, 7) is 0. The number of nitrogens with one attached hydrogen (secondary N) is 2. The molecule has 0 bridgehead atoms. The molecule has 5 rings (SSSR count). The van der Waals surface area contributed by atoms with Crippen molar-refractivity contribution >= 4 is 28.2 Å². The Kier molecular flexibility index (Phi) is 4.02. The number of H-pyrrole nitrogens is 1. The standard InChI is InChI=1S/C21H18N6O2/c1-28-14-9-13(10-15(11-14)29-2)24-21-25-20-19(22-7-8-27(20)26-21)17-12-23-18-6-4-3-5-16(17)18/h3-12,23H,1-2H3,(H,24,26). The summed E-state index contributed by atoms with van der Waals surface area (Å²) < 4.78 is 12.4. The third-order valence-corrected chi connectivity index (χ3v) is 4.71. The Morgan fingerprint density at radius 2 is 1.83 bits per heavy atom. The van der Waals surface area contributed by atoms with E-state index in [4.69, 9.17) is 9.47 Å². The molecule has 0 saturated carbocycles. The van der Waals surface area contributed by atoms with Gasteiger partial charge in [-0.3, -0.25) is 4.98 Å². The van der Waals surface area contributed by atoms with Gasteiger partial charge in [0.25, 0.3) is 0 Å². The van der Waals surface area contributed by atoms with Crippen LogP contribution in [0.15, 0.2) is 61.1 Å². The molecule has 0 aliphatic carbocycles. The van der Waals surface area contributed by atoms with Crippen LogP contribution < -0.4 is 14.8 Å². The maximum absolute atomic E-state index is 5.32. The summed E-state index contributed by atoms with van der Waals surface area (Å²) in [5.41, 5.74) is 4.21. The number of nitrogens with zero attached hydrogens (tertiary/aromatic N) is 4. The van der Waals surface area contributed by atoms with E-state index in [1.165, 1.54) is 0 Å². The molecule has 0 saturated heterocycles. The van der Waals surface area contributed by atoms with E-state index in [2.05, 4.69) is 31.4 Å². The molecule has 5 aromatic rings. The lowest BCUT2D eigenvalue weighted by Gasteiger charge is -2.08. The van der Waals surface area contributed by atoms with Crippen LogP contribution >= 0.6 is 0 Å². The highest BCUT2D eigenvalue weighted by Crippen LogP contribution is 2.31. The first-order valence-corrected chi connectivity index (χ1v) is 9.03. The van der Waals surface area contributed by atoms with Crippen LogP contribution in [-0.2, 0) is 0 Å². The molecule has 0 aliphatic heterocycles. The van der Waals surface area contributed by atoms with E-state index in [1.54, 1.807) is 37.2 Å². The van der Waals surface area contributed by atoms with Crippen LogP contribution in [0.25, 0.3) is 27.8 Å². The molecular formula is C21H18N6O2. The van der Waals surface area contributed by atoms with E-state index >= 15 is 0 Å². The Balaban J connectivity index is 1.58. The zero-order chi connectivity index (χ0) is 19.8.